The van der Waals surface area contributed by atoms with E-state index >= 15 is 0 Å². The highest BCUT2D eigenvalue weighted by molar-refractivity contribution is 6.29. The molecule has 80 valence electrons. The number of hydrogen-bond donors (Lipinski definition) is 0. The topological polar surface area (TPSA) is 20.3 Å². The fourth-order valence-electron chi connectivity index (χ4n) is 1.99. The Morgan fingerprint density at radius 1 is 1.53 bits per heavy atom. The second-order valence-electron chi connectivity index (χ2n) is 3.54. The van der Waals surface area contributed by atoms with Crippen molar-refractivity contribution in [1.29, 1.82) is 0 Å². The average Bonchev–Trinajstić information content (AvgIpc) is 2.66. The standard InChI is InChI=1S/C11H11ClFNO/c12-6-11(15)14-9(7-13)5-8-3-1-2-4-10(8)14/h1-4,9H,5-7H2/t9-/m0/s1. The number of nitrogens with zero attached hydrogens (tertiary/aromatic N) is 1. The summed E-state index contributed by atoms with van der Waals surface area (Å²) in [4.78, 5) is 13.0. The Balaban J connectivity index is 2.38. The highest BCUT2D eigenvalue weighted by atomic mass is 35.5. The summed E-state index contributed by atoms with van der Waals surface area (Å²) in [6.07, 6.45) is 0.579. The number of benzene rings is 1. The highest BCUT2D eigenvalue weighted by Gasteiger charge is 2.32. The number of rotatable bonds is 2. The molecule has 0 aromatic heterocycles. The minimum Gasteiger partial charge on any atom is -0.305 e. The first-order valence-corrected chi connectivity index (χ1v) is 5.33. The van der Waals surface area contributed by atoms with Crippen LogP contribution >= 0.6 is 11.6 Å². The molecule has 1 aromatic rings. The van der Waals surface area contributed by atoms with E-state index < -0.39 is 6.67 Å². The fourth-order valence-corrected chi connectivity index (χ4v) is 2.11. The van der Waals surface area contributed by atoms with Crippen molar-refractivity contribution in [2.75, 3.05) is 17.5 Å². The molecule has 2 rings (SSSR count). The van der Waals surface area contributed by atoms with Gasteiger partial charge in [-0.1, -0.05) is 18.2 Å². The smallest absolute Gasteiger partial charge is 0.242 e. The Morgan fingerprint density at radius 2 is 2.27 bits per heavy atom. The van der Waals surface area contributed by atoms with Gasteiger partial charge in [-0.05, 0) is 18.1 Å². The van der Waals surface area contributed by atoms with E-state index in [1.165, 1.54) is 4.90 Å². The molecule has 1 aliphatic heterocycles. The lowest BCUT2D eigenvalue weighted by molar-refractivity contribution is -0.116. The summed E-state index contributed by atoms with van der Waals surface area (Å²) in [7, 11) is 0. The number of carbonyl (C=O) groups excluding carboxylic acids is 1. The third-order valence-electron chi connectivity index (χ3n) is 2.63. The molecule has 0 spiro atoms. The van der Waals surface area contributed by atoms with Crippen molar-refractivity contribution in [3.8, 4) is 0 Å². The molecule has 1 aromatic carbocycles. The molecule has 0 N–H and O–H groups in total. The van der Waals surface area contributed by atoms with Crippen LogP contribution in [-0.4, -0.2) is 24.5 Å². The second kappa shape index (κ2) is 4.19. The maximum Gasteiger partial charge on any atom is 0.242 e. The molecule has 1 amide bonds. The first-order valence-electron chi connectivity index (χ1n) is 4.80. The zero-order chi connectivity index (χ0) is 10.8. The maximum atomic E-state index is 12.8. The summed E-state index contributed by atoms with van der Waals surface area (Å²) < 4.78 is 12.8. The molecule has 4 heteroatoms. The van der Waals surface area contributed by atoms with Gasteiger partial charge in [-0.3, -0.25) is 4.79 Å². The monoisotopic (exact) mass is 227 g/mol. The van der Waals surface area contributed by atoms with Crippen LogP contribution in [0.2, 0.25) is 0 Å². The van der Waals surface area contributed by atoms with Crippen LogP contribution in [0.25, 0.3) is 0 Å². The zero-order valence-corrected chi connectivity index (χ0v) is 8.88. The molecule has 0 saturated heterocycles. The van der Waals surface area contributed by atoms with Crippen molar-refractivity contribution < 1.29 is 9.18 Å². The molecule has 1 aliphatic rings. The molecule has 0 bridgehead atoms. The van der Waals surface area contributed by atoms with Gasteiger partial charge in [0, 0.05) is 5.69 Å². The van der Waals surface area contributed by atoms with E-state index in [4.69, 9.17) is 11.6 Å². The van der Waals surface area contributed by atoms with E-state index in [1.807, 2.05) is 24.3 Å². The predicted octanol–water partition coefficient (Wildman–Crippen LogP) is 2.15. The number of carbonyl (C=O) groups is 1. The Hall–Kier alpha value is -1.09. The van der Waals surface area contributed by atoms with Gasteiger partial charge in [0.2, 0.25) is 5.91 Å². The third-order valence-corrected chi connectivity index (χ3v) is 2.86. The van der Waals surface area contributed by atoms with Crippen LogP contribution in [0.3, 0.4) is 0 Å². The van der Waals surface area contributed by atoms with Crippen LogP contribution in [0.4, 0.5) is 10.1 Å². The van der Waals surface area contributed by atoms with Gasteiger partial charge in [-0.15, -0.1) is 11.6 Å². The van der Waals surface area contributed by atoms with Gasteiger partial charge in [0.1, 0.15) is 12.6 Å². The molecule has 0 unspecified atom stereocenters. The number of hydrogen-bond acceptors (Lipinski definition) is 1. The first-order chi connectivity index (χ1) is 7.27. The first kappa shape index (κ1) is 10.4. The van der Waals surface area contributed by atoms with E-state index in [2.05, 4.69) is 0 Å². The Kier molecular flexibility index (Phi) is 2.91. The average molecular weight is 228 g/mol. The molecular weight excluding hydrogens is 217 g/mol. The van der Waals surface area contributed by atoms with Gasteiger partial charge < -0.3 is 4.90 Å². The van der Waals surface area contributed by atoms with Crippen LogP contribution < -0.4 is 4.90 Å². The third kappa shape index (κ3) is 1.72. The van der Waals surface area contributed by atoms with E-state index in [1.54, 1.807) is 0 Å². The summed E-state index contributed by atoms with van der Waals surface area (Å²) in [5.41, 5.74) is 1.81. The van der Waals surface area contributed by atoms with Gasteiger partial charge in [0.05, 0.1) is 6.04 Å². The van der Waals surface area contributed by atoms with E-state index in [0.29, 0.717) is 6.42 Å². The molecule has 2 nitrogen and oxygen atoms in total. The van der Waals surface area contributed by atoms with Gasteiger partial charge in [-0.25, -0.2) is 4.39 Å². The summed E-state index contributed by atoms with van der Waals surface area (Å²) >= 11 is 5.51. The maximum absolute atomic E-state index is 12.8. The van der Waals surface area contributed by atoms with Crippen molar-refractivity contribution in [1.82, 2.24) is 0 Å². The predicted molar refractivity (Wildman–Crippen MR) is 58.1 cm³/mol. The molecule has 1 atom stereocenters. The Bertz CT molecular complexity index is 383. The minimum absolute atomic E-state index is 0.106. The van der Waals surface area contributed by atoms with Crippen molar-refractivity contribution in [2.24, 2.45) is 0 Å². The van der Waals surface area contributed by atoms with Gasteiger partial charge >= 0.3 is 0 Å². The van der Waals surface area contributed by atoms with Gasteiger partial charge in [0.15, 0.2) is 0 Å². The highest BCUT2D eigenvalue weighted by Crippen LogP contribution is 2.32. The SMILES string of the molecule is O=C(CCl)N1c2ccccc2C[C@H]1CF. The summed E-state index contributed by atoms with van der Waals surface area (Å²) in [5, 5.41) is 0. The number of para-hydroxylation sites is 1. The normalized spacial score (nSPS) is 19.1. The largest absolute Gasteiger partial charge is 0.305 e. The molecule has 15 heavy (non-hydrogen) atoms. The lowest BCUT2D eigenvalue weighted by atomic mass is 10.1. The summed E-state index contributed by atoms with van der Waals surface area (Å²) in [6, 6.07) is 7.10. The van der Waals surface area contributed by atoms with Crippen molar-refractivity contribution in [2.45, 2.75) is 12.5 Å². The molecule has 1 heterocycles. The molecule has 0 saturated carbocycles. The number of halogens is 2. The number of fused-ring (bicyclic) bond motifs is 1. The number of amides is 1. The quantitative estimate of drug-likeness (QED) is 0.709. The second-order valence-corrected chi connectivity index (χ2v) is 3.81. The summed E-state index contributed by atoms with van der Waals surface area (Å²) in [5.74, 6) is -0.338. The fraction of sp³-hybridized carbons (Fsp3) is 0.364. The van der Waals surface area contributed by atoms with Crippen LogP contribution in [0.15, 0.2) is 24.3 Å². The lowest BCUT2D eigenvalue weighted by Gasteiger charge is -2.22. The molecular formula is C11H11ClFNO. The van der Waals surface area contributed by atoms with Gasteiger partial charge in [0.25, 0.3) is 0 Å². The van der Waals surface area contributed by atoms with Crippen molar-refractivity contribution in [3.63, 3.8) is 0 Å². The van der Waals surface area contributed by atoms with Gasteiger partial charge in [-0.2, -0.15) is 0 Å². The lowest BCUT2D eigenvalue weighted by Crippen LogP contribution is -2.39. The van der Waals surface area contributed by atoms with E-state index in [-0.39, 0.29) is 17.8 Å². The van der Waals surface area contributed by atoms with E-state index in [9.17, 15) is 9.18 Å². The molecule has 0 radical (unpaired) electrons. The number of alkyl halides is 2. The minimum atomic E-state index is -0.530. The Labute approximate surface area is 92.6 Å². The Morgan fingerprint density at radius 3 is 2.93 bits per heavy atom. The van der Waals surface area contributed by atoms with Crippen molar-refractivity contribution in [3.05, 3.63) is 29.8 Å². The molecule has 0 fully saturated rings. The summed E-state index contributed by atoms with van der Waals surface area (Å²) in [6.45, 7) is -0.530. The zero-order valence-electron chi connectivity index (χ0n) is 8.12. The van der Waals surface area contributed by atoms with Crippen LogP contribution in [-0.2, 0) is 11.2 Å². The van der Waals surface area contributed by atoms with Crippen LogP contribution in [0.5, 0.6) is 0 Å². The molecule has 0 aliphatic carbocycles. The number of anilines is 1. The van der Waals surface area contributed by atoms with Crippen LogP contribution in [0.1, 0.15) is 5.56 Å². The van der Waals surface area contributed by atoms with Crippen LogP contribution in [0, 0.1) is 0 Å². The van der Waals surface area contributed by atoms with Crippen molar-refractivity contribution >= 4 is 23.2 Å². The van der Waals surface area contributed by atoms with E-state index in [0.717, 1.165) is 11.3 Å².